The number of ether oxygens (including phenoxy) is 1. The van der Waals surface area contributed by atoms with Gasteiger partial charge in [0.2, 0.25) is 10.0 Å². The first-order valence-corrected chi connectivity index (χ1v) is 11.1. The number of rotatable bonds is 6. The van der Waals surface area contributed by atoms with Crippen LogP contribution in [-0.2, 0) is 14.8 Å². The molecule has 0 aromatic carbocycles. The predicted octanol–water partition coefficient (Wildman–Crippen LogP) is 0.889. The number of carbonyl (C=O) groups excluding carboxylic acids is 1. The first kappa shape index (κ1) is 18.8. The van der Waals surface area contributed by atoms with Crippen LogP contribution < -0.4 is 10.6 Å². The Kier molecular flexibility index (Phi) is 6.45. The van der Waals surface area contributed by atoms with Crippen LogP contribution in [0.15, 0.2) is 16.3 Å². The Morgan fingerprint density at radius 3 is 2.92 bits per heavy atom. The fraction of sp³-hybridized carbons (Fsp3) is 0.688. The van der Waals surface area contributed by atoms with Crippen molar-refractivity contribution >= 4 is 27.3 Å². The Balaban J connectivity index is 1.61. The van der Waals surface area contributed by atoms with Gasteiger partial charge in [-0.1, -0.05) is 0 Å². The lowest BCUT2D eigenvalue weighted by atomic mass is 9.96. The summed E-state index contributed by atoms with van der Waals surface area (Å²) in [5, 5.41) is 7.90. The highest BCUT2D eigenvalue weighted by atomic mass is 32.2. The molecule has 0 aliphatic carbocycles. The van der Waals surface area contributed by atoms with Crippen molar-refractivity contribution in [2.24, 2.45) is 5.92 Å². The first-order valence-electron chi connectivity index (χ1n) is 8.73. The maximum Gasteiger partial charge on any atom is 0.262 e. The summed E-state index contributed by atoms with van der Waals surface area (Å²) in [5.74, 6) is 0.277. The second-order valence-electron chi connectivity index (χ2n) is 6.39. The quantitative estimate of drug-likeness (QED) is 0.757. The number of thiophene rings is 1. The lowest BCUT2D eigenvalue weighted by Gasteiger charge is -2.26. The molecule has 2 aliphatic rings. The van der Waals surface area contributed by atoms with Crippen LogP contribution in [0.4, 0.5) is 0 Å². The van der Waals surface area contributed by atoms with Gasteiger partial charge in [-0.25, -0.2) is 8.42 Å². The lowest BCUT2D eigenvalue weighted by Crippen LogP contribution is -2.41. The molecule has 2 aliphatic heterocycles. The Bertz CT molecular complexity index is 677. The average Bonchev–Trinajstić information content (AvgIpc) is 3.14. The van der Waals surface area contributed by atoms with E-state index in [1.54, 1.807) is 5.38 Å². The summed E-state index contributed by atoms with van der Waals surface area (Å²) in [6.07, 6.45) is 3.26. The number of hydrogen-bond donors (Lipinski definition) is 2. The fourth-order valence-corrected chi connectivity index (χ4v) is 5.96. The Labute approximate surface area is 152 Å². The van der Waals surface area contributed by atoms with Crippen LogP contribution in [-0.4, -0.2) is 64.6 Å². The van der Waals surface area contributed by atoms with Crippen molar-refractivity contribution in [2.75, 3.05) is 45.9 Å². The molecule has 0 bridgehead atoms. The summed E-state index contributed by atoms with van der Waals surface area (Å²) in [5.41, 5.74) is 0. The molecule has 0 saturated carbocycles. The molecule has 0 spiro atoms. The smallest absolute Gasteiger partial charge is 0.262 e. The molecule has 0 radical (unpaired) electrons. The molecule has 1 unspecified atom stereocenters. The molecule has 1 aromatic rings. The van der Waals surface area contributed by atoms with E-state index < -0.39 is 10.0 Å². The zero-order chi connectivity index (χ0) is 17.7. The zero-order valence-corrected chi connectivity index (χ0v) is 15.8. The van der Waals surface area contributed by atoms with Crippen molar-refractivity contribution in [3.8, 4) is 0 Å². The van der Waals surface area contributed by atoms with E-state index in [0.29, 0.717) is 38.8 Å². The van der Waals surface area contributed by atoms with Gasteiger partial charge in [0.15, 0.2) is 0 Å². The number of nitrogens with one attached hydrogen (secondary N) is 2. The van der Waals surface area contributed by atoms with E-state index in [9.17, 15) is 13.2 Å². The van der Waals surface area contributed by atoms with E-state index in [1.165, 1.54) is 34.6 Å². The summed E-state index contributed by atoms with van der Waals surface area (Å²) in [7, 11) is -3.65. The summed E-state index contributed by atoms with van der Waals surface area (Å²) in [6.45, 7) is 4.06. The molecule has 3 rings (SSSR count). The summed E-state index contributed by atoms with van der Waals surface area (Å²) >= 11 is 1.17. The van der Waals surface area contributed by atoms with Crippen LogP contribution in [0.5, 0.6) is 0 Å². The second kappa shape index (κ2) is 8.59. The van der Waals surface area contributed by atoms with E-state index in [2.05, 4.69) is 10.6 Å². The molecule has 140 valence electrons. The summed E-state index contributed by atoms with van der Waals surface area (Å²) in [6, 6.07) is 1.52. The van der Waals surface area contributed by atoms with Gasteiger partial charge in [-0.15, -0.1) is 11.3 Å². The van der Waals surface area contributed by atoms with Gasteiger partial charge >= 0.3 is 0 Å². The third kappa shape index (κ3) is 4.59. The van der Waals surface area contributed by atoms with Crippen molar-refractivity contribution in [1.82, 2.24) is 14.9 Å². The predicted molar refractivity (Wildman–Crippen MR) is 96.4 cm³/mol. The van der Waals surface area contributed by atoms with Crippen molar-refractivity contribution < 1.29 is 17.9 Å². The van der Waals surface area contributed by atoms with Crippen LogP contribution in [0.3, 0.4) is 0 Å². The molecule has 1 aromatic heterocycles. The van der Waals surface area contributed by atoms with Crippen molar-refractivity contribution in [3.63, 3.8) is 0 Å². The normalized spacial score (nSPS) is 22.6. The van der Waals surface area contributed by atoms with Crippen molar-refractivity contribution in [3.05, 3.63) is 16.3 Å². The maximum atomic E-state index is 12.8. The molecule has 2 fully saturated rings. The molecular weight excluding hydrogens is 362 g/mol. The molecule has 3 heterocycles. The number of carbonyl (C=O) groups is 1. The highest BCUT2D eigenvalue weighted by molar-refractivity contribution is 7.89. The number of piperidine rings is 1. The van der Waals surface area contributed by atoms with Crippen LogP contribution in [0.25, 0.3) is 0 Å². The SMILES string of the molecule is O=C(NCCC1CCCNC1)c1sccc1S(=O)(=O)N1CCOCC1. The van der Waals surface area contributed by atoms with Crippen LogP contribution >= 0.6 is 11.3 Å². The van der Waals surface area contributed by atoms with Gasteiger partial charge in [0.05, 0.1) is 13.2 Å². The lowest BCUT2D eigenvalue weighted by molar-refractivity contribution is 0.0730. The number of amides is 1. The molecule has 25 heavy (non-hydrogen) atoms. The molecule has 2 saturated heterocycles. The van der Waals surface area contributed by atoms with Gasteiger partial charge < -0.3 is 15.4 Å². The molecule has 9 heteroatoms. The number of hydrogen-bond acceptors (Lipinski definition) is 6. The van der Waals surface area contributed by atoms with E-state index in [1.807, 2.05) is 0 Å². The summed E-state index contributed by atoms with van der Waals surface area (Å²) < 4.78 is 32.2. The Morgan fingerprint density at radius 2 is 2.20 bits per heavy atom. The zero-order valence-electron chi connectivity index (χ0n) is 14.2. The van der Waals surface area contributed by atoms with Gasteiger partial charge in [-0.3, -0.25) is 4.79 Å². The van der Waals surface area contributed by atoms with Gasteiger partial charge in [0.25, 0.3) is 5.91 Å². The largest absolute Gasteiger partial charge is 0.379 e. The monoisotopic (exact) mass is 387 g/mol. The molecule has 2 N–H and O–H groups in total. The minimum Gasteiger partial charge on any atom is -0.379 e. The van der Waals surface area contributed by atoms with Crippen LogP contribution in [0, 0.1) is 5.92 Å². The molecule has 1 atom stereocenters. The fourth-order valence-electron chi connectivity index (χ4n) is 3.23. The van der Waals surface area contributed by atoms with Gasteiger partial charge in [-0.05, 0) is 49.7 Å². The maximum absolute atomic E-state index is 12.8. The van der Waals surface area contributed by atoms with Gasteiger partial charge in [-0.2, -0.15) is 4.31 Å². The highest BCUT2D eigenvalue weighted by Crippen LogP contribution is 2.26. The highest BCUT2D eigenvalue weighted by Gasteiger charge is 2.31. The first-order chi connectivity index (χ1) is 12.1. The van der Waals surface area contributed by atoms with Crippen LogP contribution in [0.1, 0.15) is 28.9 Å². The van der Waals surface area contributed by atoms with E-state index in [0.717, 1.165) is 19.5 Å². The van der Waals surface area contributed by atoms with Crippen molar-refractivity contribution in [1.29, 1.82) is 0 Å². The standard InChI is InChI=1S/C16H25N3O4S2/c20-16(18-6-3-13-2-1-5-17-12-13)15-14(4-11-24-15)25(21,22)19-7-9-23-10-8-19/h4,11,13,17H,1-3,5-10,12H2,(H,18,20). The van der Waals surface area contributed by atoms with Gasteiger partial charge in [0, 0.05) is 19.6 Å². The average molecular weight is 388 g/mol. The van der Waals surface area contributed by atoms with Crippen LogP contribution in [0.2, 0.25) is 0 Å². The Hall–Kier alpha value is -1.00. The molecular formula is C16H25N3O4S2. The van der Waals surface area contributed by atoms with E-state index in [-0.39, 0.29) is 15.7 Å². The van der Waals surface area contributed by atoms with E-state index in [4.69, 9.17) is 4.74 Å². The molecule has 1 amide bonds. The van der Waals surface area contributed by atoms with Gasteiger partial charge in [0.1, 0.15) is 9.77 Å². The number of sulfonamides is 1. The van der Waals surface area contributed by atoms with Crippen molar-refractivity contribution in [2.45, 2.75) is 24.2 Å². The van der Waals surface area contributed by atoms with E-state index >= 15 is 0 Å². The number of morpholine rings is 1. The number of nitrogens with zero attached hydrogens (tertiary/aromatic N) is 1. The summed E-state index contributed by atoms with van der Waals surface area (Å²) in [4.78, 5) is 12.9. The molecule has 7 nitrogen and oxygen atoms in total. The third-order valence-corrected chi connectivity index (χ3v) is 7.64. The minimum absolute atomic E-state index is 0.108. The minimum atomic E-state index is -3.65. The second-order valence-corrected chi connectivity index (χ2v) is 9.21. The topological polar surface area (TPSA) is 87.7 Å². The third-order valence-electron chi connectivity index (χ3n) is 4.66. The Morgan fingerprint density at radius 1 is 1.40 bits per heavy atom.